The van der Waals surface area contributed by atoms with E-state index in [2.05, 4.69) is 5.32 Å². The summed E-state index contributed by atoms with van der Waals surface area (Å²) in [6.07, 6.45) is 0. The normalized spacial score (nSPS) is 21.3. The molecule has 0 saturated carbocycles. The number of rotatable bonds is 5. The number of amides is 2. The van der Waals surface area contributed by atoms with E-state index in [1.54, 1.807) is 6.92 Å². The molecule has 20 heavy (non-hydrogen) atoms. The zero-order chi connectivity index (χ0) is 15.3. The van der Waals surface area contributed by atoms with E-state index >= 15 is 0 Å². The van der Waals surface area contributed by atoms with Gasteiger partial charge in [0.2, 0.25) is 0 Å². The van der Waals surface area contributed by atoms with Crippen molar-refractivity contribution in [2.24, 2.45) is 5.92 Å². The summed E-state index contributed by atoms with van der Waals surface area (Å²) < 4.78 is 24.0. The summed E-state index contributed by atoms with van der Waals surface area (Å²) in [6, 6.07) is -0.513. The zero-order valence-corrected chi connectivity index (χ0v) is 13.2. The molecule has 1 aliphatic heterocycles. The highest BCUT2D eigenvalue weighted by atomic mass is 32.2. The van der Waals surface area contributed by atoms with Crippen LogP contribution in [0.5, 0.6) is 0 Å². The maximum absolute atomic E-state index is 12.0. The van der Waals surface area contributed by atoms with E-state index in [4.69, 9.17) is 5.11 Å². The van der Waals surface area contributed by atoms with Gasteiger partial charge in [-0.3, -0.25) is 4.79 Å². The van der Waals surface area contributed by atoms with Crippen LogP contribution in [0, 0.1) is 5.92 Å². The maximum Gasteiger partial charge on any atom is 0.318 e. The number of nitrogens with zero attached hydrogens (tertiary/aromatic N) is 1. The Balaban J connectivity index is 2.71. The smallest absolute Gasteiger partial charge is 0.318 e. The van der Waals surface area contributed by atoms with Crippen LogP contribution in [0.4, 0.5) is 4.79 Å². The number of carboxylic acid groups (broad SMARTS) is 1. The van der Waals surface area contributed by atoms with Crippen LogP contribution in [0.3, 0.4) is 0 Å². The fourth-order valence-corrected chi connectivity index (χ4v) is 4.70. The first-order valence-corrected chi connectivity index (χ1v) is 9.23. The summed E-state index contributed by atoms with van der Waals surface area (Å²) in [4.78, 5) is 24.0. The van der Waals surface area contributed by atoms with Crippen LogP contribution in [-0.4, -0.2) is 66.1 Å². The van der Waals surface area contributed by atoms with Gasteiger partial charge >= 0.3 is 12.0 Å². The van der Waals surface area contributed by atoms with Crippen molar-refractivity contribution in [2.75, 3.05) is 30.3 Å². The standard InChI is InChI=1S/C11H20N2O5S2/c1-3-20(17,18)9-7-19-5-4-13(9)11(16)12-6-8(2)10(14)15/h8-9H,3-7H2,1-2H3,(H,12,16)(H,14,15). The second-order valence-electron chi connectivity index (χ2n) is 4.60. The summed E-state index contributed by atoms with van der Waals surface area (Å²) in [7, 11) is -3.34. The van der Waals surface area contributed by atoms with E-state index in [1.807, 2.05) is 0 Å². The number of urea groups is 1. The Morgan fingerprint density at radius 1 is 1.50 bits per heavy atom. The first kappa shape index (κ1) is 17.1. The monoisotopic (exact) mass is 324 g/mol. The topological polar surface area (TPSA) is 104 Å². The summed E-state index contributed by atoms with van der Waals surface area (Å²) >= 11 is 1.50. The number of carbonyl (C=O) groups is 2. The average molecular weight is 324 g/mol. The van der Waals surface area contributed by atoms with Crippen LogP contribution in [0.1, 0.15) is 13.8 Å². The number of aliphatic carboxylic acids is 1. The van der Waals surface area contributed by atoms with Crippen molar-refractivity contribution < 1.29 is 23.1 Å². The van der Waals surface area contributed by atoms with E-state index in [0.29, 0.717) is 18.1 Å². The molecule has 1 heterocycles. The van der Waals surface area contributed by atoms with E-state index < -0.39 is 33.1 Å². The Labute approximate surface area is 123 Å². The molecule has 116 valence electrons. The highest BCUT2D eigenvalue weighted by molar-refractivity contribution is 8.01. The molecule has 0 aromatic carbocycles. The molecule has 2 atom stereocenters. The van der Waals surface area contributed by atoms with E-state index in [1.165, 1.54) is 23.6 Å². The number of hydrogen-bond acceptors (Lipinski definition) is 5. The molecule has 2 unspecified atom stereocenters. The number of thioether (sulfide) groups is 1. The van der Waals surface area contributed by atoms with Gasteiger partial charge in [0.25, 0.3) is 0 Å². The number of hydrogen-bond donors (Lipinski definition) is 2. The second kappa shape index (κ2) is 7.16. The third kappa shape index (κ3) is 4.27. The van der Waals surface area contributed by atoms with Crippen molar-refractivity contribution in [1.29, 1.82) is 0 Å². The molecule has 7 nitrogen and oxygen atoms in total. The SMILES string of the molecule is CCS(=O)(=O)C1CSCCN1C(=O)NCC(C)C(=O)O. The van der Waals surface area contributed by atoms with Crippen molar-refractivity contribution in [1.82, 2.24) is 10.2 Å². The van der Waals surface area contributed by atoms with Gasteiger partial charge in [-0.05, 0) is 0 Å². The van der Waals surface area contributed by atoms with Gasteiger partial charge in [0.1, 0.15) is 5.37 Å². The van der Waals surface area contributed by atoms with Gasteiger partial charge in [0.15, 0.2) is 9.84 Å². The molecule has 0 spiro atoms. The van der Waals surface area contributed by atoms with Gasteiger partial charge in [-0.15, -0.1) is 0 Å². The van der Waals surface area contributed by atoms with Crippen LogP contribution < -0.4 is 5.32 Å². The van der Waals surface area contributed by atoms with Gasteiger partial charge < -0.3 is 15.3 Å². The third-order valence-electron chi connectivity index (χ3n) is 3.14. The first-order chi connectivity index (χ1) is 9.29. The Morgan fingerprint density at radius 3 is 2.70 bits per heavy atom. The summed E-state index contributed by atoms with van der Waals surface area (Å²) in [5.74, 6) is -0.694. The van der Waals surface area contributed by atoms with Gasteiger partial charge in [0, 0.05) is 30.3 Å². The van der Waals surface area contributed by atoms with E-state index in [-0.39, 0.29) is 12.3 Å². The predicted molar refractivity (Wildman–Crippen MR) is 77.5 cm³/mol. The molecular formula is C11H20N2O5S2. The van der Waals surface area contributed by atoms with Crippen LogP contribution in [0.25, 0.3) is 0 Å². The highest BCUT2D eigenvalue weighted by Crippen LogP contribution is 2.21. The zero-order valence-electron chi connectivity index (χ0n) is 11.5. The van der Waals surface area contributed by atoms with E-state index in [0.717, 1.165) is 0 Å². The largest absolute Gasteiger partial charge is 0.481 e. The molecule has 0 aromatic heterocycles. The lowest BCUT2D eigenvalue weighted by Crippen LogP contribution is -2.54. The number of carbonyl (C=O) groups excluding carboxylic acids is 1. The first-order valence-electron chi connectivity index (χ1n) is 6.36. The lowest BCUT2D eigenvalue weighted by atomic mass is 10.2. The minimum absolute atomic E-state index is 0.0172. The van der Waals surface area contributed by atoms with Crippen molar-refractivity contribution in [3.05, 3.63) is 0 Å². The molecule has 2 N–H and O–H groups in total. The minimum Gasteiger partial charge on any atom is -0.481 e. The lowest BCUT2D eigenvalue weighted by Gasteiger charge is -2.34. The van der Waals surface area contributed by atoms with Crippen molar-refractivity contribution in [3.63, 3.8) is 0 Å². The van der Waals surface area contributed by atoms with Crippen LogP contribution in [0.2, 0.25) is 0 Å². The Kier molecular flexibility index (Phi) is 6.12. The lowest BCUT2D eigenvalue weighted by molar-refractivity contribution is -0.140. The third-order valence-corrected chi connectivity index (χ3v) is 6.43. The molecule has 2 amide bonds. The van der Waals surface area contributed by atoms with Gasteiger partial charge in [-0.25, -0.2) is 13.2 Å². The molecule has 1 rings (SSSR count). The number of nitrogens with one attached hydrogen (secondary N) is 1. The van der Waals surface area contributed by atoms with Crippen LogP contribution in [0.15, 0.2) is 0 Å². The molecule has 0 aliphatic carbocycles. The summed E-state index contributed by atoms with van der Waals surface area (Å²) in [5.41, 5.74) is 0. The Hall–Kier alpha value is -0.960. The minimum atomic E-state index is -3.34. The van der Waals surface area contributed by atoms with Crippen molar-refractivity contribution >= 4 is 33.6 Å². The Bertz CT molecular complexity index is 465. The van der Waals surface area contributed by atoms with Crippen molar-refractivity contribution in [3.8, 4) is 0 Å². The molecule has 1 saturated heterocycles. The molecule has 1 aliphatic rings. The second-order valence-corrected chi connectivity index (χ2v) is 8.20. The van der Waals surface area contributed by atoms with Crippen molar-refractivity contribution in [2.45, 2.75) is 19.2 Å². The maximum atomic E-state index is 12.0. The molecule has 1 fully saturated rings. The number of carboxylic acids is 1. The van der Waals surface area contributed by atoms with Crippen LogP contribution >= 0.6 is 11.8 Å². The molecule has 0 bridgehead atoms. The van der Waals surface area contributed by atoms with Gasteiger partial charge in [-0.1, -0.05) is 13.8 Å². The molecule has 0 aromatic rings. The summed E-state index contributed by atoms with van der Waals surface area (Å²) in [6.45, 7) is 3.37. The van der Waals surface area contributed by atoms with E-state index in [9.17, 15) is 18.0 Å². The predicted octanol–water partition coefficient (Wildman–Crippen LogP) is 0.226. The van der Waals surface area contributed by atoms with Gasteiger partial charge in [-0.2, -0.15) is 11.8 Å². The average Bonchev–Trinajstić information content (AvgIpc) is 2.44. The molecule has 0 radical (unpaired) electrons. The quantitative estimate of drug-likeness (QED) is 0.750. The van der Waals surface area contributed by atoms with Gasteiger partial charge in [0.05, 0.1) is 5.92 Å². The molecule has 9 heteroatoms. The highest BCUT2D eigenvalue weighted by Gasteiger charge is 2.35. The molecular weight excluding hydrogens is 304 g/mol. The summed E-state index contributed by atoms with van der Waals surface area (Å²) in [5, 5.41) is 10.4. The fraction of sp³-hybridized carbons (Fsp3) is 0.818. The van der Waals surface area contributed by atoms with Crippen LogP contribution in [-0.2, 0) is 14.6 Å². The number of sulfone groups is 1. The Morgan fingerprint density at radius 2 is 2.15 bits per heavy atom. The fourth-order valence-electron chi connectivity index (χ4n) is 1.73.